The average molecular weight is 279 g/mol. The van der Waals surface area contributed by atoms with Gasteiger partial charge in [-0.05, 0) is 63.1 Å². The van der Waals surface area contributed by atoms with Crippen LogP contribution in [0, 0.1) is 11.7 Å². The molecule has 1 aromatic rings. The maximum Gasteiger partial charge on any atom is 0.126 e. The van der Waals surface area contributed by atoms with Crippen molar-refractivity contribution in [2.45, 2.75) is 45.1 Å². The van der Waals surface area contributed by atoms with Crippen LogP contribution in [-0.4, -0.2) is 25.8 Å². The van der Waals surface area contributed by atoms with Gasteiger partial charge in [0.1, 0.15) is 5.82 Å². The quantitative estimate of drug-likeness (QED) is 0.661. The van der Waals surface area contributed by atoms with Crippen LogP contribution in [0.5, 0.6) is 0 Å². The Kier molecular flexibility index (Phi) is 6.48. The molecule has 1 saturated carbocycles. The van der Waals surface area contributed by atoms with Crippen LogP contribution < -0.4 is 5.32 Å². The zero-order valence-corrected chi connectivity index (χ0v) is 12.4. The normalized spacial score (nSPS) is 16.3. The maximum absolute atomic E-state index is 13.8. The van der Waals surface area contributed by atoms with Gasteiger partial charge in [0.05, 0.1) is 0 Å². The average Bonchev–Trinajstić information content (AvgIpc) is 3.27. The molecule has 0 amide bonds. The van der Waals surface area contributed by atoms with Crippen molar-refractivity contribution in [3.05, 3.63) is 35.6 Å². The van der Waals surface area contributed by atoms with Crippen LogP contribution in [0.2, 0.25) is 0 Å². The summed E-state index contributed by atoms with van der Waals surface area (Å²) >= 11 is 0. The van der Waals surface area contributed by atoms with Crippen molar-refractivity contribution in [1.82, 2.24) is 5.32 Å². The lowest BCUT2D eigenvalue weighted by molar-refractivity contribution is 0.139. The molecule has 1 aliphatic rings. The summed E-state index contributed by atoms with van der Waals surface area (Å²) in [5, 5.41) is 3.57. The third kappa shape index (κ3) is 5.59. The summed E-state index contributed by atoms with van der Waals surface area (Å²) in [4.78, 5) is 0. The van der Waals surface area contributed by atoms with Crippen molar-refractivity contribution in [1.29, 1.82) is 0 Å². The standard InChI is InChI=1S/C17H26FNO/c1-2-20-11-5-6-14(13-19-16-9-10-16)12-15-7-3-4-8-17(15)18/h3-4,7-8,14,16,19H,2,5-6,9-13H2,1H3. The lowest BCUT2D eigenvalue weighted by Crippen LogP contribution is -2.26. The number of nitrogens with one attached hydrogen (secondary N) is 1. The highest BCUT2D eigenvalue weighted by molar-refractivity contribution is 5.17. The van der Waals surface area contributed by atoms with Gasteiger partial charge in [-0.1, -0.05) is 18.2 Å². The first-order valence-corrected chi connectivity index (χ1v) is 7.84. The van der Waals surface area contributed by atoms with E-state index in [9.17, 15) is 4.39 Å². The molecule has 1 fully saturated rings. The summed E-state index contributed by atoms with van der Waals surface area (Å²) in [6, 6.07) is 7.85. The van der Waals surface area contributed by atoms with Gasteiger partial charge < -0.3 is 10.1 Å². The molecule has 0 bridgehead atoms. The second kappa shape index (κ2) is 8.38. The predicted molar refractivity (Wildman–Crippen MR) is 80.3 cm³/mol. The molecule has 1 unspecified atom stereocenters. The third-order valence-electron chi connectivity index (χ3n) is 3.84. The molecule has 3 heteroatoms. The Labute approximate surface area is 121 Å². The second-order valence-electron chi connectivity index (χ2n) is 5.68. The van der Waals surface area contributed by atoms with E-state index < -0.39 is 0 Å². The minimum absolute atomic E-state index is 0.0752. The van der Waals surface area contributed by atoms with Gasteiger partial charge in [-0.2, -0.15) is 0 Å². The van der Waals surface area contributed by atoms with Crippen molar-refractivity contribution in [2.75, 3.05) is 19.8 Å². The lowest BCUT2D eigenvalue weighted by Gasteiger charge is -2.18. The molecule has 1 aromatic carbocycles. The molecular formula is C17H26FNO. The van der Waals surface area contributed by atoms with Crippen LogP contribution in [-0.2, 0) is 11.2 Å². The Morgan fingerprint density at radius 3 is 2.85 bits per heavy atom. The SMILES string of the molecule is CCOCCCC(CNC1CC1)Cc1ccccc1F. The largest absolute Gasteiger partial charge is 0.382 e. The first kappa shape index (κ1) is 15.5. The van der Waals surface area contributed by atoms with E-state index >= 15 is 0 Å². The van der Waals surface area contributed by atoms with E-state index in [1.807, 2.05) is 19.1 Å². The smallest absolute Gasteiger partial charge is 0.126 e. The van der Waals surface area contributed by atoms with Crippen molar-refractivity contribution in [2.24, 2.45) is 5.92 Å². The highest BCUT2D eigenvalue weighted by atomic mass is 19.1. The Morgan fingerprint density at radius 1 is 1.35 bits per heavy atom. The second-order valence-corrected chi connectivity index (χ2v) is 5.68. The fourth-order valence-corrected chi connectivity index (χ4v) is 2.49. The number of hydrogen-bond donors (Lipinski definition) is 1. The van der Waals surface area contributed by atoms with E-state index in [1.165, 1.54) is 12.8 Å². The van der Waals surface area contributed by atoms with Crippen LogP contribution >= 0.6 is 0 Å². The van der Waals surface area contributed by atoms with Gasteiger partial charge in [0.15, 0.2) is 0 Å². The van der Waals surface area contributed by atoms with E-state index in [0.29, 0.717) is 12.0 Å². The topological polar surface area (TPSA) is 21.3 Å². The fraction of sp³-hybridized carbons (Fsp3) is 0.647. The number of rotatable bonds is 10. The van der Waals surface area contributed by atoms with Gasteiger partial charge in [0, 0.05) is 19.3 Å². The molecule has 1 aliphatic carbocycles. The molecule has 112 valence electrons. The van der Waals surface area contributed by atoms with Gasteiger partial charge in [0.25, 0.3) is 0 Å². The molecule has 2 rings (SSSR count). The number of halogens is 1. The Balaban J connectivity index is 1.81. The highest BCUT2D eigenvalue weighted by Crippen LogP contribution is 2.21. The highest BCUT2D eigenvalue weighted by Gasteiger charge is 2.22. The summed E-state index contributed by atoms with van der Waals surface area (Å²) in [6.07, 6.45) is 5.56. The molecule has 0 radical (unpaired) electrons. The zero-order valence-electron chi connectivity index (χ0n) is 12.4. The van der Waals surface area contributed by atoms with Gasteiger partial charge >= 0.3 is 0 Å². The zero-order chi connectivity index (χ0) is 14.2. The Hall–Kier alpha value is -0.930. The maximum atomic E-state index is 13.8. The van der Waals surface area contributed by atoms with Gasteiger partial charge in [-0.15, -0.1) is 0 Å². The monoisotopic (exact) mass is 279 g/mol. The molecule has 1 atom stereocenters. The van der Waals surface area contributed by atoms with Crippen molar-refractivity contribution in [3.63, 3.8) is 0 Å². The predicted octanol–water partition coefficient (Wildman–Crippen LogP) is 3.55. The number of benzene rings is 1. The van der Waals surface area contributed by atoms with Crippen LogP contribution in [0.1, 0.15) is 38.2 Å². The first-order valence-electron chi connectivity index (χ1n) is 7.84. The van der Waals surface area contributed by atoms with E-state index in [2.05, 4.69) is 5.32 Å². The summed E-state index contributed by atoms with van der Waals surface area (Å²) in [6.45, 7) is 4.60. The van der Waals surface area contributed by atoms with Gasteiger partial charge in [-0.3, -0.25) is 0 Å². The van der Waals surface area contributed by atoms with Crippen molar-refractivity contribution in [3.8, 4) is 0 Å². The Morgan fingerprint density at radius 2 is 2.15 bits per heavy atom. The fourth-order valence-electron chi connectivity index (χ4n) is 2.49. The number of ether oxygens (including phenoxy) is 1. The Bertz CT molecular complexity index is 392. The molecular weight excluding hydrogens is 253 g/mol. The van der Waals surface area contributed by atoms with Crippen LogP contribution in [0.4, 0.5) is 4.39 Å². The van der Waals surface area contributed by atoms with Crippen molar-refractivity contribution >= 4 is 0 Å². The number of hydrogen-bond acceptors (Lipinski definition) is 2. The van der Waals surface area contributed by atoms with Crippen LogP contribution in [0.25, 0.3) is 0 Å². The minimum Gasteiger partial charge on any atom is -0.382 e. The minimum atomic E-state index is -0.0752. The molecule has 0 aromatic heterocycles. The van der Waals surface area contributed by atoms with E-state index in [-0.39, 0.29) is 5.82 Å². The lowest BCUT2D eigenvalue weighted by atomic mass is 9.94. The molecule has 0 saturated heterocycles. The molecule has 20 heavy (non-hydrogen) atoms. The summed E-state index contributed by atoms with van der Waals surface area (Å²) < 4.78 is 19.2. The van der Waals surface area contributed by atoms with E-state index in [4.69, 9.17) is 4.74 Å². The molecule has 0 spiro atoms. The molecule has 1 N–H and O–H groups in total. The summed E-state index contributed by atoms with van der Waals surface area (Å²) in [5.41, 5.74) is 0.839. The first-order chi connectivity index (χ1) is 9.79. The molecule has 2 nitrogen and oxygen atoms in total. The summed E-state index contributed by atoms with van der Waals surface area (Å²) in [5.74, 6) is 0.418. The van der Waals surface area contributed by atoms with Gasteiger partial charge in [-0.25, -0.2) is 4.39 Å². The van der Waals surface area contributed by atoms with E-state index in [1.54, 1.807) is 12.1 Å². The van der Waals surface area contributed by atoms with Crippen LogP contribution in [0.3, 0.4) is 0 Å². The van der Waals surface area contributed by atoms with Crippen molar-refractivity contribution < 1.29 is 9.13 Å². The summed E-state index contributed by atoms with van der Waals surface area (Å²) in [7, 11) is 0. The molecule has 0 aliphatic heterocycles. The van der Waals surface area contributed by atoms with E-state index in [0.717, 1.165) is 44.6 Å². The molecule has 0 heterocycles. The third-order valence-corrected chi connectivity index (χ3v) is 3.84. The van der Waals surface area contributed by atoms with Crippen LogP contribution in [0.15, 0.2) is 24.3 Å². The van der Waals surface area contributed by atoms with Gasteiger partial charge in [0.2, 0.25) is 0 Å².